The van der Waals surface area contributed by atoms with Gasteiger partial charge in [0, 0.05) is 0 Å². The number of hydrogen-bond donors (Lipinski definition) is 0. The van der Waals surface area contributed by atoms with Gasteiger partial charge in [-0.25, -0.2) is 0 Å². The van der Waals surface area contributed by atoms with E-state index in [-0.39, 0.29) is 94.1 Å². The van der Waals surface area contributed by atoms with Gasteiger partial charge in [-0.2, -0.15) is 0 Å². The van der Waals surface area contributed by atoms with Gasteiger partial charge in [0.1, 0.15) is 0 Å². The van der Waals surface area contributed by atoms with Gasteiger partial charge in [0.05, 0.1) is 0 Å². The van der Waals surface area contributed by atoms with Gasteiger partial charge in [-0.1, -0.05) is 0 Å². The molecule has 0 aliphatic carbocycles. The van der Waals surface area contributed by atoms with Gasteiger partial charge in [0.2, 0.25) is 0 Å². The quantitative estimate of drug-likeness (QED) is 0.373. The molecule has 0 aromatic heterocycles. The van der Waals surface area contributed by atoms with E-state index in [1.165, 1.54) is 0 Å². The van der Waals surface area contributed by atoms with E-state index in [1.807, 2.05) is 0 Å². The van der Waals surface area contributed by atoms with E-state index >= 15 is 0 Å². The van der Waals surface area contributed by atoms with E-state index in [4.69, 9.17) is 12.2 Å². The summed E-state index contributed by atoms with van der Waals surface area (Å²) in [6.45, 7) is 0. The van der Waals surface area contributed by atoms with Crippen molar-refractivity contribution in [2.45, 2.75) is 0 Å². The van der Waals surface area contributed by atoms with Crippen LogP contribution < -0.4 is 97.0 Å². The Morgan fingerprint density at radius 3 is 1.00 bits per heavy atom. The molecule has 8 heavy (non-hydrogen) atoms. The zero-order valence-corrected chi connectivity index (χ0v) is 12.8. The topological polar surface area (TPSA) is 93.2 Å². The molecular weight excluding hydrogens is 212 g/mol. The summed E-state index contributed by atoms with van der Waals surface area (Å²) >= 11 is -3.79. The summed E-state index contributed by atoms with van der Waals surface area (Å²) in [6.07, 6.45) is 0. The predicted octanol–water partition coefficient (Wildman–Crippen LogP) is -12.0. The molecule has 4 nitrogen and oxygen atoms in total. The molecule has 0 atom stereocenters. The second-order valence-corrected chi connectivity index (χ2v) is 1.06. The van der Waals surface area contributed by atoms with Crippen LogP contribution in [0, 0.1) is 0 Å². The van der Waals surface area contributed by atoms with Gasteiger partial charge < -0.3 is 5.48 Å². The fourth-order valence-corrected chi connectivity index (χ4v) is 0. The Morgan fingerprint density at radius 2 is 1.00 bits per heavy atom. The molecule has 0 bridgehead atoms. The average Bonchev–Trinajstić information content (AvgIpc) is 0.811. The van der Waals surface area contributed by atoms with Crippen LogP contribution in [0.25, 0.3) is 0 Å². The standard InChI is InChI=1S/3Na.H2O3Se.H2O/c;;;1-4(2)3;/h;;;(H2,1,2,3);1H2/q3*+1;;/p-3. The van der Waals surface area contributed by atoms with Crippen molar-refractivity contribution in [2.24, 2.45) is 0 Å². The third-order valence-corrected chi connectivity index (χ3v) is 0. The maximum Gasteiger partial charge on any atom is 1.00 e. The SMILES string of the molecule is O=[Se]([O-])[O-].[Na+].[Na+].[Na+].[OH-]. The first-order valence-corrected chi connectivity index (χ1v) is 2.60. The summed E-state index contributed by atoms with van der Waals surface area (Å²) in [7, 11) is 0. The summed E-state index contributed by atoms with van der Waals surface area (Å²) in [5.74, 6) is 0. The average molecular weight is 213 g/mol. The molecule has 0 saturated carbocycles. The molecule has 0 radical (unpaired) electrons. The maximum absolute atomic E-state index is 8.54. The third kappa shape index (κ3) is 60.4. The van der Waals surface area contributed by atoms with Crippen molar-refractivity contribution in [3.8, 4) is 0 Å². The van der Waals surface area contributed by atoms with Gasteiger partial charge in [0.25, 0.3) is 0 Å². The van der Waals surface area contributed by atoms with E-state index in [2.05, 4.69) is 0 Å². The Balaban J connectivity index is -0.00000000750. The van der Waals surface area contributed by atoms with Gasteiger partial charge in [-0.05, 0) is 0 Å². The third-order valence-electron chi connectivity index (χ3n) is 0. The van der Waals surface area contributed by atoms with Crippen LogP contribution in [-0.2, 0) is 3.83 Å². The Bertz CT molecular complexity index is 34.3. The first-order chi connectivity index (χ1) is 1.73. The van der Waals surface area contributed by atoms with E-state index < -0.39 is 14.5 Å². The second-order valence-electron chi connectivity index (χ2n) is 0.204. The summed E-state index contributed by atoms with van der Waals surface area (Å²) in [6, 6.07) is 0. The Morgan fingerprint density at radius 1 is 1.00 bits per heavy atom. The van der Waals surface area contributed by atoms with E-state index in [0.717, 1.165) is 0 Å². The fraction of sp³-hybridized carbons (Fsp3) is 0. The minimum Gasteiger partial charge on any atom is -0.870 e. The summed E-state index contributed by atoms with van der Waals surface area (Å²) in [4.78, 5) is 0. The van der Waals surface area contributed by atoms with Crippen molar-refractivity contribution >= 4 is 14.5 Å². The molecule has 0 aliphatic heterocycles. The van der Waals surface area contributed by atoms with E-state index in [9.17, 15) is 0 Å². The zero-order valence-electron chi connectivity index (χ0n) is 5.08. The fourth-order valence-electron chi connectivity index (χ4n) is 0. The number of hydrogen-bond acceptors (Lipinski definition) is 4. The van der Waals surface area contributed by atoms with Crippen molar-refractivity contribution in [3.63, 3.8) is 0 Å². The van der Waals surface area contributed by atoms with Gasteiger partial charge in [-0.15, -0.1) is 0 Å². The van der Waals surface area contributed by atoms with Crippen LogP contribution in [0.5, 0.6) is 0 Å². The summed E-state index contributed by atoms with van der Waals surface area (Å²) < 4.78 is 25.6. The van der Waals surface area contributed by atoms with Crippen LogP contribution in [0.4, 0.5) is 0 Å². The van der Waals surface area contributed by atoms with E-state index in [1.54, 1.807) is 0 Å². The Kier molecular flexibility index (Phi) is 85.1. The first kappa shape index (κ1) is 30.3. The van der Waals surface area contributed by atoms with Crippen molar-refractivity contribution in [1.29, 1.82) is 0 Å². The molecule has 34 valence electrons. The van der Waals surface area contributed by atoms with Crippen molar-refractivity contribution in [3.05, 3.63) is 0 Å². The molecule has 0 aromatic carbocycles. The first-order valence-electron chi connectivity index (χ1n) is 0.500. The predicted molar refractivity (Wildman–Crippen MR) is 8.38 cm³/mol. The molecule has 0 fully saturated rings. The van der Waals surface area contributed by atoms with Crippen molar-refractivity contribution in [2.75, 3.05) is 0 Å². The molecule has 0 spiro atoms. The summed E-state index contributed by atoms with van der Waals surface area (Å²) in [5.41, 5.74) is 0. The molecule has 0 heterocycles. The van der Waals surface area contributed by atoms with Gasteiger partial charge in [0.15, 0.2) is 0 Å². The van der Waals surface area contributed by atoms with Crippen LogP contribution in [0.1, 0.15) is 0 Å². The summed E-state index contributed by atoms with van der Waals surface area (Å²) in [5, 5.41) is 0. The molecule has 0 saturated heterocycles. The molecule has 1 N–H and O–H groups in total. The van der Waals surface area contributed by atoms with Gasteiger partial charge >= 0.3 is 115 Å². The van der Waals surface area contributed by atoms with Crippen molar-refractivity contribution < 1.29 is 106 Å². The Hall–Kier alpha value is 3.20. The van der Waals surface area contributed by atoms with Crippen LogP contribution in [0.15, 0.2) is 0 Å². The molecule has 0 aromatic rings. The van der Waals surface area contributed by atoms with Crippen LogP contribution >= 0.6 is 0 Å². The molecular formula is HNa3O4Se. The normalized spacial score (nSPS) is 4.38. The van der Waals surface area contributed by atoms with E-state index in [0.29, 0.717) is 0 Å². The molecule has 0 amide bonds. The van der Waals surface area contributed by atoms with Crippen LogP contribution in [0.2, 0.25) is 0 Å². The number of rotatable bonds is 0. The molecule has 8 heteroatoms. The molecule has 0 aliphatic rings. The zero-order chi connectivity index (χ0) is 3.58. The molecule has 0 unspecified atom stereocenters. The minimum atomic E-state index is -3.79. The molecule has 0 rings (SSSR count). The van der Waals surface area contributed by atoms with Crippen LogP contribution in [0.3, 0.4) is 0 Å². The van der Waals surface area contributed by atoms with Crippen molar-refractivity contribution in [1.82, 2.24) is 0 Å². The smallest absolute Gasteiger partial charge is 0.870 e. The maximum atomic E-state index is 8.54. The Labute approximate surface area is 118 Å². The minimum absolute atomic E-state index is 0. The van der Waals surface area contributed by atoms with Crippen LogP contribution in [-0.4, -0.2) is 20.0 Å². The largest absolute Gasteiger partial charge is 1.00 e. The second kappa shape index (κ2) is 22.5. The monoisotopic (exact) mass is 214 g/mol. The van der Waals surface area contributed by atoms with Gasteiger partial charge in [-0.3, -0.25) is 0 Å².